The maximum absolute atomic E-state index is 12.0. The molecule has 4 rings (SSSR count). The summed E-state index contributed by atoms with van der Waals surface area (Å²) in [6.45, 7) is 3.16. The van der Waals surface area contributed by atoms with Crippen LogP contribution in [0.2, 0.25) is 0 Å². The van der Waals surface area contributed by atoms with Gasteiger partial charge in [0, 0.05) is 32.6 Å². The van der Waals surface area contributed by atoms with Crippen LogP contribution in [-0.4, -0.2) is 46.3 Å². The highest BCUT2D eigenvalue weighted by Gasteiger charge is 2.25. The summed E-state index contributed by atoms with van der Waals surface area (Å²) in [4.78, 5) is 18.7. The van der Waals surface area contributed by atoms with Crippen molar-refractivity contribution in [1.82, 2.24) is 24.9 Å². The van der Waals surface area contributed by atoms with Gasteiger partial charge in [0.25, 0.3) is 0 Å². The topological polar surface area (TPSA) is 89.3 Å². The predicted octanol–water partition coefficient (Wildman–Crippen LogP) is 0.796. The summed E-state index contributed by atoms with van der Waals surface area (Å²) in [5.74, 6) is 0.845. The van der Waals surface area contributed by atoms with Crippen LogP contribution in [0.1, 0.15) is 17.8 Å². The number of nitrogens with zero attached hydrogens (tertiary/aromatic N) is 4. The number of hydrogen-bond donors (Lipinski definition) is 1. The van der Waals surface area contributed by atoms with E-state index in [0.29, 0.717) is 30.3 Å². The van der Waals surface area contributed by atoms with Crippen molar-refractivity contribution in [2.24, 2.45) is 0 Å². The maximum atomic E-state index is 12.0. The highest BCUT2D eigenvalue weighted by Crippen LogP contribution is 2.18. The van der Waals surface area contributed by atoms with E-state index < -0.39 is 0 Å². The molecule has 126 valence electrons. The smallest absolute Gasteiger partial charge is 0.408 e. The normalized spacial score (nSPS) is 19.1. The molecule has 1 unspecified atom stereocenters. The van der Waals surface area contributed by atoms with Gasteiger partial charge in [-0.1, -0.05) is 17.3 Å². The average Bonchev–Trinajstić information content (AvgIpc) is 3.17. The van der Waals surface area contributed by atoms with Crippen LogP contribution in [0, 0.1) is 0 Å². The van der Waals surface area contributed by atoms with Crippen molar-refractivity contribution in [2.75, 3.05) is 26.7 Å². The first-order valence-corrected chi connectivity index (χ1v) is 8.04. The Morgan fingerprint density at radius 1 is 1.38 bits per heavy atom. The van der Waals surface area contributed by atoms with Gasteiger partial charge in [-0.15, -0.1) is 0 Å². The second-order valence-corrected chi connectivity index (χ2v) is 5.98. The van der Waals surface area contributed by atoms with E-state index in [1.54, 1.807) is 10.6 Å². The van der Waals surface area contributed by atoms with Crippen molar-refractivity contribution < 1.29 is 8.94 Å². The van der Waals surface area contributed by atoms with Crippen LogP contribution in [0.3, 0.4) is 0 Å². The molecule has 1 aromatic carbocycles. The molecule has 1 fully saturated rings. The van der Waals surface area contributed by atoms with Gasteiger partial charge in [-0.05, 0) is 19.2 Å². The van der Waals surface area contributed by atoms with Gasteiger partial charge in [0.2, 0.25) is 5.89 Å². The fraction of sp³-hybridized carbons (Fsp3) is 0.438. The fourth-order valence-electron chi connectivity index (χ4n) is 3.03. The van der Waals surface area contributed by atoms with E-state index in [9.17, 15) is 4.79 Å². The minimum Gasteiger partial charge on any atom is -0.408 e. The van der Waals surface area contributed by atoms with Gasteiger partial charge in [0.1, 0.15) is 0 Å². The number of aromatic nitrogens is 3. The van der Waals surface area contributed by atoms with Gasteiger partial charge in [-0.3, -0.25) is 9.47 Å². The number of para-hydroxylation sites is 2. The third kappa shape index (κ3) is 2.74. The first kappa shape index (κ1) is 15.1. The Morgan fingerprint density at radius 2 is 2.25 bits per heavy atom. The lowest BCUT2D eigenvalue weighted by atomic mass is 10.2. The van der Waals surface area contributed by atoms with Gasteiger partial charge in [0.05, 0.1) is 11.6 Å². The SMILES string of the molecule is CN1CCNCC1c1noc(CCn2c(=O)oc3ccccc32)n1. The number of aryl methyl sites for hydroxylation is 2. The number of benzene rings is 1. The molecule has 1 N–H and O–H groups in total. The molecule has 1 saturated heterocycles. The molecule has 3 heterocycles. The van der Waals surface area contributed by atoms with E-state index in [1.165, 1.54) is 0 Å². The van der Waals surface area contributed by atoms with Crippen molar-refractivity contribution in [3.8, 4) is 0 Å². The molecule has 0 aliphatic carbocycles. The Balaban J connectivity index is 1.50. The van der Waals surface area contributed by atoms with Gasteiger partial charge in [-0.2, -0.15) is 4.98 Å². The van der Waals surface area contributed by atoms with Crippen molar-refractivity contribution >= 4 is 11.1 Å². The lowest BCUT2D eigenvalue weighted by Crippen LogP contribution is -2.44. The van der Waals surface area contributed by atoms with Gasteiger partial charge in [0.15, 0.2) is 11.4 Å². The summed E-state index contributed by atoms with van der Waals surface area (Å²) < 4.78 is 12.2. The molecule has 2 aromatic heterocycles. The molecule has 0 spiro atoms. The van der Waals surface area contributed by atoms with Crippen molar-refractivity contribution in [3.63, 3.8) is 0 Å². The molecule has 1 atom stereocenters. The molecule has 0 amide bonds. The van der Waals surface area contributed by atoms with Crippen LogP contribution in [0.5, 0.6) is 0 Å². The summed E-state index contributed by atoms with van der Waals surface area (Å²) in [5.41, 5.74) is 1.36. The molecule has 1 aliphatic heterocycles. The zero-order valence-corrected chi connectivity index (χ0v) is 13.4. The summed E-state index contributed by atoms with van der Waals surface area (Å²) >= 11 is 0. The summed E-state index contributed by atoms with van der Waals surface area (Å²) in [7, 11) is 2.05. The third-order valence-electron chi connectivity index (χ3n) is 4.42. The molecule has 0 saturated carbocycles. The van der Waals surface area contributed by atoms with E-state index in [4.69, 9.17) is 8.94 Å². The number of hydrogen-bond acceptors (Lipinski definition) is 7. The van der Waals surface area contributed by atoms with Crippen LogP contribution in [-0.2, 0) is 13.0 Å². The molecule has 8 nitrogen and oxygen atoms in total. The number of likely N-dealkylation sites (N-methyl/N-ethyl adjacent to an activating group) is 1. The third-order valence-corrected chi connectivity index (χ3v) is 4.42. The second-order valence-electron chi connectivity index (χ2n) is 5.98. The standard InChI is InChI=1S/C16H19N5O3/c1-20-9-7-17-10-12(20)15-18-14(24-19-15)6-8-21-11-4-2-3-5-13(11)23-16(21)22/h2-5,12,17H,6-10H2,1H3. The van der Waals surface area contributed by atoms with E-state index in [1.807, 2.05) is 18.2 Å². The Hall–Kier alpha value is -2.45. The lowest BCUT2D eigenvalue weighted by Gasteiger charge is -2.30. The van der Waals surface area contributed by atoms with E-state index in [2.05, 4.69) is 27.4 Å². The van der Waals surface area contributed by atoms with Gasteiger partial charge >= 0.3 is 5.76 Å². The fourth-order valence-corrected chi connectivity index (χ4v) is 3.03. The lowest BCUT2D eigenvalue weighted by molar-refractivity contribution is 0.190. The number of nitrogens with one attached hydrogen (secondary N) is 1. The Morgan fingerprint density at radius 3 is 3.12 bits per heavy atom. The zero-order valence-electron chi connectivity index (χ0n) is 13.4. The van der Waals surface area contributed by atoms with E-state index >= 15 is 0 Å². The summed E-state index contributed by atoms with van der Waals surface area (Å²) in [6.07, 6.45) is 0.486. The Labute approximate surface area is 138 Å². The number of oxazole rings is 1. The zero-order chi connectivity index (χ0) is 16.5. The average molecular weight is 329 g/mol. The van der Waals surface area contributed by atoms with Gasteiger partial charge in [-0.25, -0.2) is 4.79 Å². The second kappa shape index (κ2) is 6.21. The quantitative estimate of drug-likeness (QED) is 0.757. The minimum absolute atomic E-state index is 0.119. The summed E-state index contributed by atoms with van der Waals surface area (Å²) in [5, 5.41) is 7.43. The molecule has 3 aromatic rings. The molecular weight excluding hydrogens is 310 g/mol. The first-order valence-electron chi connectivity index (χ1n) is 8.04. The maximum Gasteiger partial charge on any atom is 0.419 e. The molecular formula is C16H19N5O3. The highest BCUT2D eigenvalue weighted by atomic mass is 16.5. The first-order chi connectivity index (χ1) is 11.7. The summed E-state index contributed by atoms with van der Waals surface area (Å²) in [6, 6.07) is 7.49. The highest BCUT2D eigenvalue weighted by molar-refractivity contribution is 5.72. The monoisotopic (exact) mass is 329 g/mol. The van der Waals surface area contributed by atoms with Crippen molar-refractivity contribution in [1.29, 1.82) is 0 Å². The van der Waals surface area contributed by atoms with Crippen LogP contribution >= 0.6 is 0 Å². The molecule has 0 radical (unpaired) electrons. The minimum atomic E-state index is -0.368. The number of fused-ring (bicyclic) bond motifs is 1. The van der Waals surface area contributed by atoms with E-state index in [-0.39, 0.29) is 11.8 Å². The van der Waals surface area contributed by atoms with Crippen LogP contribution in [0.4, 0.5) is 0 Å². The predicted molar refractivity (Wildman–Crippen MR) is 86.7 cm³/mol. The molecule has 0 bridgehead atoms. The molecule has 24 heavy (non-hydrogen) atoms. The largest absolute Gasteiger partial charge is 0.419 e. The van der Waals surface area contributed by atoms with Crippen LogP contribution < -0.4 is 11.1 Å². The Bertz CT molecular complexity index is 896. The molecule has 1 aliphatic rings. The Kier molecular flexibility index (Phi) is 3.91. The van der Waals surface area contributed by atoms with E-state index in [0.717, 1.165) is 25.2 Å². The van der Waals surface area contributed by atoms with Crippen LogP contribution in [0.15, 0.2) is 38.0 Å². The number of piperazine rings is 1. The number of rotatable bonds is 4. The molecule has 8 heteroatoms. The van der Waals surface area contributed by atoms with Crippen LogP contribution in [0.25, 0.3) is 11.1 Å². The van der Waals surface area contributed by atoms with Crippen molar-refractivity contribution in [2.45, 2.75) is 19.0 Å². The van der Waals surface area contributed by atoms with Crippen molar-refractivity contribution in [3.05, 3.63) is 46.5 Å². The van der Waals surface area contributed by atoms with Gasteiger partial charge < -0.3 is 14.3 Å².